The Morgan fingerprint density at radius 1 is 0.694 bits per heavy atom. The average Bonchev–Trinajstić information content (AvgIpc) is 2.90. The molecule has 36 heavy (non-hydrogen) atoms. The molecule has 0 amide bonds. The van der Waals surface area contributed by atoms with E-state index in [9.17, 15) is 13.2 Å². The van der Waals surface area contributed by atoms with Gasteiger partial charge in [0, 0.05) is 5.56 Å². The molecule has 0 spiro atoms. The average molecular weight is 491 g/mol. The van der Waals surface area contributed by atoms with E-state index in [1.807, 2.05) is 19.1 Å². The van der Waals surface area contributed by atoms with Crippen molar-refractivity contribution in [2.24, 2.45) is 0 Å². The maximum atomic E-state index is 14.8. The van der Waals surface area contributed by atoms with Crippen LogP contribution in [0, 0.1) is 17.5 Å². The summed E-state index contributed by atoms with van der Waals surface area (Å²) in [6.45, 7) is 6.21. The van der Waals surface area contributed by atoms with Crippen LogP contribution in [0.25, 0.3) is 22.3 Å². The van der Waals surface area contributed by atoms with Crippen molar-refractivity contribution >= 4 is 0 Å². The fourth-order valence-corrected chi connectivity index (χ4v) is 3.66. The summed E-state index contributed by atoms with van der Waals surface area (Å²) in [7, 11) is 0. The summed E-state index contributed by atoms with van der Waals surface area (Å²) in [6, 6.07) is 21.6. The van der Waals surface area contributed by atoms with Crippen molar-refractivity contribution in [2.75, 3.05) is 13.2 Å². The number of hydrogen-bond acceptors (Lipinski definition) is 3. The molecule has 4 rings (SSSR count). The second-order valence-electron chi connectivity index (χ2n) is 7.93. The van der Waals surface area contributed by atoms with Crippen LogP contribution < -0.4 is 14.2 Å². The summed E-state index contributed by atoms with van der Waals surface area (Å²) < 4.78 is 59.9. The zero-order valence-corrected chi connectivity index (χ0v) is 19.8. The van der Waals surface area contributed by atoms with Gasteiger partial charge in [0.1, 0.15) is 19.0 Å². The van der Waals surface area contributed by atoms with Crippen LogP contribution in [0.5, 0.6) is 17.2 Å². The van der Waals surface area contributed by atoms with E-state index < -0.39 is 17.5 Å². The first kappa shape index (κ1) is 24.9. The van der Waals surface area contributed by atoms with Crippen molar-refractivity contribution < 1.29 is 27.4 Å². The SMILES string of the molecule is C=CCOc1ccc(-c2ccc(COc3ccc(-c4ccc(OCC)cc4)c(F)c3F)cc2)cc1F. The summed E-state index contributed by atoms with van der Waals surface area (Å²) in [5.41, 5.74) is 2.91. The van der Waals surface area contributed by atoms with E-state index >= 15 is 0 Å². The molecule has 0 aliphatic rings. The Labute approximate surface area is 208 Å². The van der Waals surface area contributed by atoms with Crippen LogP contribution in [0.4, 0.5) is 13.2 Å². The molecule has 4 aromatic carbocycles. The van der Waals surface area contributed by atoms with Crippen LogP contribution in [0.3, 0.4) is 0 Å². The highest BCUT2D eigenvalue weighted by atomic mass is 19.2. The van der Waals surface area contributed by atoms with Crippen molar-refractivity contribution in [3.05, 3.63) is 115 Å². The summed E-state index contributed by atoms with van der Waals surface area (Å²) in [5, 5.41) is 0. The zero-order chi connectivity index (χ0) is 25.5. The molecule has 6 heteroatoms. The Hall–Kier alpha value is -4.19. The molecule has 0 heterocycles. The van der Waals surface area contributed by atoms with Gasteiger partial charge in [0.2, 0.25) is 5.82 Å². The third-order valence-electron chi connectivity index (χ3n) is 5.49. The molecule has 0 fully saturated rings. The highest BCUT2D eigenvalue weighted by Crippen LogP contribution is 2.31. The van der Waals surface area contributed by atoms with Gasteiger partial charge in [0.15, 0.2) is 23.1 Å². The van der Waals surface area contributed by atoms with Crippen molar-refractivity contribution in [2.45, 2.75) is 13.5 Å². The highest BCUT2D eigenvalue weighted by molar-refractivity contribution is 5.66. The van der Waals surface area contributed by atoms with Crippen LogP contribution in [0.2, 0.25) is 0 Å². The predicted molar refractivity (Wildman–Crippen MR) is 135 cm³/mol. The summed E-state index contributed by atoms with van der Waals surface area (Å²) in [4.78, 5) is 0. The normalized spacial score (nSPS) is 10.7. The van der Waals surface area contributed by atoms with E-state index in [-0.39, 0.29) is 30.3 Å². The van der Waals surface area contributed by atoms with Gasteiger partial charge in [-0.1, -0.05) is 55.1 Å². The van der Waals surface area contributed by atoms with Crippen molar-refractivity contribution in [1.82, 2.24) is 0 Å². The minimum absolute atomic E-state index is 0.0434. The van der Waals surface area contributed by atoms with E-state index in [0.717, 1.165) is 11.1 Å². The Balaban J connectivity index is 1.43. The first-order chi connectivity index (χ1) is 17.5. The molecule has 0 aliphatic heterocycles. The van der Waals surface area contributed by atoms with Crippen molar-refractivity contribution in [1.29, 1.82) is 0 Å². The largest absolute Gasteiger partial charge is 0.494 e. The standard InChI is InChI=1S/C30H25F3O3/c1-3-17-35-27-15-11-23(18-26(27)31)21-7-5-20(6-8-21)19-36-28-16-14-25(29(32)30(28)33)22-9-12-24(13-10-22)34-4-2/h3,5-16,18H,1,4,17,19H2,2H3. The monoisotopic (exact) mass is 490 g/mol. The van der Waals surface area contributed by atoms with Gasteiger partial charge in [0.05, 0.1) is 6.61 Å². The number of benzene rings is 4. The summed E-state index contributed by atoms with van der Waals surface area (Å²) in [5.74, 6) is -1.85. The third kappa shape index (κ3) is 5.71. The van der Waals surface area contributed by atoms with Crippen molar-refractivity contribution in [3.63, 3.8) is 0 Å². The molecule has 0 bridgehead atoms. The Kier molecular flexibility index (Phi) is 7.95. The van der Waals surface area contributed by atoms with E-state index in [0.29, 0.717) is 23.5 Å². The van der Waals surface area contributed by atoms with Gasteiger partial charge >= 0.3 is 0 Å². The lowest BCUT2D eigenvalue weighted by atomic mass is 10.0. The summed E-state index contributed by atoms with van der Waals surface area (Å²) in [6.07, 6.45) is 1.55. The van der Waals surface area contributed by atoms with Gasteiger partial charge in [-0.25, -0.2) is 8.78 Å². The second kappa shape index (κ2) is 11.5. The van der Waals surface area contributed by atoms with Crippen LogP contribution in [0.1, 0.15) is 12.5 Å². The molecule has 0 N–H and O–H groups in total. The third-order valence-corrected chi connectivity index (χ3v) is 5.49. The fraction of sp³-hybridized carbons (Fsp3) is 0.133. The number of halogens is 3. The molecule has 3 nitrogen and oxygen atoms in total. The Morgan fingerprint density at radius 2 is 1.36 bits per heavy atom. The van der Waals surface area contributed by atoms with Crippen LogP contribution >= 0.6 is 0 Å². The lowest BCUT2D eigenvalue weighted by Crippen LogP contribution is -2.00. The van der Waals surface area contributed by atoms with Gasteiger partial charge in [-0.3, -0.25) is 0 Å². The fourth-order valence-electron chi connectivity index (χ4n) is 3.66. The molecule has 0 aliphatic carbocycles. The van der Waals surface area contributed by atoms with Crippen LogP contribution in [0.15, 0.2) is 91.5 Å². The van der Waals surface area contributed by atoms with E-state index in [4.69, 9.17) is 14.2 Å². The lowest BCUT2D eigenvalue weighted by molar-refractivity contribution is 0.285. The lowest BCUT2D eigenvalue weighted by Gasteiger charge is -2.12. The quantitative estimate of drug-likeness (QED) is 0.211. The Bertz CT molecular complexity index is 1330. The van der Waals surface area contributed by atoms with Crippen LogP contribution in [-0.2, 0) is 6.61 Å². The van der Waals surface area contributed by atoms with Gasteiger partial charge in [-0.15, -0.1) is 0 Å². The molecule has 0 atom stereocenters. The maximum Gasteiger partial charge on any atom is 0.201 e. The van der Waals surface area contributed by atoms with Gasteiger partial charge in [-0.2, -0.15) is 4.39 Å². The Morgan fingerprint density at radius 3 is 2.03 bits per heavy atom. The minimum atomic E-state index is -1.05. The van der Waals surface area contributed by atoms with E-state index in [1.54, 1.807) is 54.6 Å². The van der Waals surface area contributed by atoms with Gasteiger partial charge in [-0.05, 0) is 65.6 Å². The molecule has 0 aromatic heterocycles. The number of rotatable bonds is 10. The molecular formula is C30H25F3O3. The smallest absolute Gasteiger partial charge is 0.201 e. The molecule has 0 radical (unpaired) electrons. The number of ether oxygens (including phenoxy) is 3. The summed E-state index contributed by atoms with van der Waals surface area (Å²) >= 11 is 0. The maximum absolute atomic E-state index is 14.8. The topological polar surface area (TPSA) is 27.7 Å². The van der Waals surface area contributed by atoms with Crippen molar-refractivity contribution in [3.8, 4) is 39.5 Å². The molecule has 184 valence electrons. The minimum Gasteiger partial charge on any atom is -0.494 e. The zero-order valence-electron chi connectivity index (χ0n) is 19.8. The van der Waals surface area contributed by atoms with E-state index in [1.165, 1.54) is 18.2 Å². The highest BCUT2D eigenvalue weighted by Gasteiger charge is 2.16. The molecular weight excluding hydrogens is 465 g/mol. The first-order valence-corrected chi connectivity index (χ1v) is 11.5. The second-order valence-corrected chi connectivity index (χ2v) is 7.93. The number of hydrogen-bond donors (Lipinski definition) is 0. The molecule has 0 saturated carbocycles. The first-order valence-electron chi connectivity index (χ1n) is 11.5. The van der Waals surface area contributed by atoms with Gasteiger partial charge in [0.25, 0.3) is 0 Å². The van der Waals surface area contributed by atoms with Gasteiger partial charge < -0.3 is 14.2 Å². The molecule has 0 unspecified atom stereocenters. The molecule has 4 aromatic rings. The predicted octanol–water partition coefficient (Wildman–Crippen LogP) is 7.98. The molecule has 0 saturated heterocycles. The van der Waals surface area contributed by atoms with Crippen LogP contribution in [-0.4, -0.2) is 13.2 Å². The van der Waals surface area contributed by atoms with E-state index in [2.05, 4.69) is 6.58 Å².